The monoisotopic (exact) mass is 279 g/mol. The highest BCUT2D eigenvalue weighted by Crippen LogP contribution is 2.25. The molecule has 0 radical (unpaired) electrons. The van der Waals surface area contributed by atoms with Gasteiger partial charge in [-0.25, -0.2) is 9.48 Å². The molecule has 1 N–H and O–H groups in total. The van der Waals surface area contributed by atoms with Crippen LogP contribution in [0.1, 0.15) is 10.4 Å². The number of nitrogens with zero attached hydrogens (tertiary/aromatic N) is 3. The number of halogens is 4. The number of carboxylic acids is 1. The topological polar surface area (TPSA) is 68.0 Å². The van der Waals surface area contributed by atoms with Crippen molar-refractivity contribution >= 4 is 28.6 Å². The van der Waals surface area contributed by atoms with Gasteiger partial charge in [0.15, 0.2) is 0 Å². The van der Waals surface area contributed by atoms with E-state index < -0.39 is 18.7 Å². The summed E-state index contributed by atoms with van der Waals surface area (Å²) in [5.74, 6) is -1.28. The molecule has 0 aliphatic heterocycles. The maximum atomic E-state index is 12.2. The van der Waals surface area contributed by atoms with Gasteiger partial charge < -0.3 is 5.11 Å². The lowest BCUT2D eigenvalue weighted by Crippen LogP contribution is -2.18. The maximum absolute atomic E-state index is 12.2. The van der Waals surface area contributed by atoms with Crippen LogP contribution in [0.15, 0.2) is 12.1 Å². The van der Waals surface area contributed by atoms with E-state index >= 15 is 0 Å². The Morgan fingerprint density at radius 1 is 1.44 bits per heavy atom. The minimum atomic E-state index is -4.45. The molecule has 0 fully saturated rings. The smallest absolute Gasteiger partial charge is 0.408 e. The zero-order valence-electron chi connectivity index (χ0n) is 8.57. The van der Waals surface area contributed by atoms with Gasteiger partial charge >= 0.3 is 12.1 Å². The van der Waals surface area contributed by atoms with Gasteiger partial charge in [-0.05, 0) is 12.1 Å². The van der Waals surface area contributed by atoms with Crippen molar-refractivity contribution in [3.63, 3.8) is 0 Å². The van der Waals surface area contributed by atoms with E-state index in [1.54, 1.807) is 0 Å². The highest BCUT2D eigenvalue weighted by Gasteiger charge is 2.29. The number of carboxylic acid groups (broad SMARTS) is 1. The summed E-state index contributed by atoms with van der Waals surface area (Å²) in [6.07, 6.45) is -4.45. The summed E-state index contributed by atoms with van der Waals surface area (Å²) >= 11 is 5.67. The number of hydrogen-bond acceptors (Lipinski definition) is 3. The third kappa shape index (κ3) is 2.37. The minimum absolute atomic E-state index is 0.0299. The van der Waals surface area contributed by atoms with Crippen LogP contribution in [0.25, 0.3) is 11.0 Å². The number of carbonyl (C=O) groups is 1. The van der Waals surface area contributed by atoms with Crippen LogP contribution in [0.4, 0.5) is 13.2 Å². The summed E-state index contributed by atoms with van der Waals surface area (Å²) in [7, 11) is 0. The van der Waals surface area contributed by atoms with Crippen LogP contribution >= 0.6 is 11.6 Å². The average Bonchev–Trinajstić information content (AvgIpc) is 2.57. The first kappa shape index (κ1) is 12.6. The summed E-state index contributed by atoms with van der Waals surface area (Å²) in [5, 5.41) is 15.4. The third-order valence-corrected chi connectivity index (χ3v) is 2.47. The fourth-order valence-corrected chi connectivity index (χ4v) is 1.68. The Morgan fingerprint density at radius 2 is 2.11 bits per heavy atom. The lowest BCUT2D eigenvalue weighted by atomic mass is 10.2. The molecule has 0 saturated heterocycles. The van der Waals surface area contributed by atoms with Gasteiger partial charge in [0.1, 0.15) is 12.1 Å². The van der Waals surface area contributed by atoms with Crippen molar-refractivity contribution in [1.82, 2.24) is 15.0 Å². The minimum Gasteiger partial charge on any atom is -0.478 e. The van der Waals surface area contributed by atoms with E-state index in [0.29, 0.717) is 4.68 Å². The van der Waals surface area contributed by atoms with Crippen LogP contribution < -0.4 is 0 Å². The number of aromatic nitrogens is 3. The molecule has 0 bridgehead atoms. The van der Waals surface area contributed by atoms with Gasteiger partial charge in [-0.3, -0.25) is 0 Å². The van der Waals surface area contributed by atoms with E-state index in [1.807, 2.05) is 0 Å². The van der Waals surface area contributed by atoms with Crippen molar-refractivity contribution in [2.24, 2.45) is 0 Å². The second-order valence-electron chi connectivity index (χ2n) is 3.49. The molecule has 2 rings (SSSR count). The van der Waals surface area contributed by atoms with Gasteiger partial charge in [0.2, 0.25) is 0 Å². The van der Waals surface area contributed by atoms with E-state index in [2.05, 4.69) is 10.3 Å². The lowest BCUT2D eigenvalue weighted by Gasteiger charge is -2.06. The van der Waals surface area contributed by atoms with Gasteiger partial charge in [0.25, 0.3) is 0 Å². The normalized spacial score (nSPS) is 12.0. The fourth-order valence-electron chi connectivity index (χ4n) is 1.44. The zero-order valence-corrected chi connectivity index (χ0v) is 9.33. The lowest BCUT2D eigenvalue weighted by molar-refractivity contribution is -0.142. The predicted octanol–water partition coefficient (Wildman–Crippen LogP) is 2.35. The van der Waals surface area contributed by atoms with Crippen LogP contribution in [0.3, 0.4) is 0 Å². The van der Waals surface area contributed by atoms with E-state index in [1.165, 1.54) is 0 Å². The largest absolute Gasteiger partial charge is 0.478 e. The van der Waals surface area contributed by atoms with Crippen LogP contribution in [0, 0.1) is 0 Å². The standard InChI is InChI=1S/C9H5ClF3N3O2/c10-5-2-7-6(1-4(5)8(17)18)14-15-16(7)3-9(11,12)13/h1-2H,3H2,(H,17,18). The summed E-state index contributed by atoms with van der Waals surface area (Å²) < 4.78 is 37.3. The number of alkyl halides is 3. The Kier molecular flexibility index (Phi) is 2.89. The number of fused-ring (bicyclic) bond motifs is 1. The van der Waals surface area contributed by atoms with Crippen LogP contribution in [0.2, 0.25) is 5.02 Å². The van der Waals surface area contributed by atoms with E-state index in [0.717, 1.165) is 12.1 Å². The van der Waals surface area contributed by atoms with Crippen molar-refractivity contribution < 1.29 is 23.1 Å². The molecule has 0 spiro atoms. The predicted molar refractivity (Wildman–Crippen MR) is 55.6 cm³/mol. The summed E-state index contributed by atoms with van der Waals surface area (Å²) in [5.41, 5.74) is -0.161. The van der Waals surface area contributed by atoms with Gasteiger partial charge in [-0.15, -0.1) is 5.10 Å². The molecule has 1 aromatic heterocycles. The van der Waals surface area contributed by atoms with Crippen LogP contribution in [-0.4, -0.2) is 32.2 Å². The van der Waals surface area contributed by atoms with E-state index in [9.17, 15) is 18.0 Å². The molecule has 18 heavy (non-hydrogen) atoms. The Labute approximate surface area is 103 Å². The van der Waals surface area contributed by atoms with Crippen LogP contribution in [-0.2, 0) is 6.54 Å². The second kappa shape index (κ2) is 4.13. The summed E-state index contributed by atoms with van der Waals surface area (Å²) in [4.78, 5) is 10.8. The molecule has 0 unspecified atom stereocenters. The Morgan fingerprint density at radius 3 is 2.67 bits per heavy atom. The molecule has 2 aromatic rings. The van der Waals surface area contributed by atoms with Gasteiger partial charge in [-0.2, -0.15) is 13.2 Å². The molecule has 96 valence electrons. The first-order chi connectivity index (χ1) is 8.28. The van der Waals surface area contributed by atoms with Crippen LogP contribution in [0.5, 0.6) is 0 Å². The van der Waals surface area contributed by atoms with Crippen molar-refractivity contribution in [3.8, 4) is 0 Å². The number of benzene rings is 1. The highest BCUT2D eigenvalue weighted by atomic mass is 35.5. The maximum Gasteiger partial charge on any atom is 0.408 e. The van der Waals surface area contributed by atoms with Gasteiger partial charge in [0, 0.05) is 0 Å². The molecule has 1 aromatic carbocycles. The van der Waals surface area contributed by atoms with Crippen molar-refractivity contribution in [2.75, 3.05) is 0 Å². The quantitative estimate of drug-likeness (QED) is 0.916. The zero-order chi connectivity index (χ0) is 13.5. The third-order valence-electron chi connectivity index (χ3n) is 2.16. The molecule has 0 atom stereocenters. The van der Waals surface area contributed by atoms with Crippen molar-refractivity contribution in [3.05, 3.63) is 22.7 Å². The SMILES string of the molecule is O=C(O)c1cc2nnn(CC(F)(F)F)c2cc1Cl. The van der Waals surface area contributed by atoms with E-state index in [-0.39, 0.29) is 21.6 Å². The van der Waals surface area contributed by atoms with Crippen molar-refractivity contribution in [1.29, 1.82) is 0 Å². The second-order valence-corrected chi connectivity index (χ2v) is 3.90. The first-order valence-electron chi connectivity index (χ1n) is 4.61. The molecule has 9 heteroatoms. The molecule has 1 heterocycles. The van der Waals surface area contributed by atoms with Gasteiger partial charge in [-0.1, -0.05) is 16.8 Å². The molecule has 0 aliphatic rings. The van der Waals surface area contributed by atoms with Gasteiger partial charge in [0.05, 0.1) is 16.1 Å². The summed E-state index contributed by atoms with van der Waals surface area (Å²) in [6.45, 7) is -1.31. The Balaban J connectivity index is 2.55. The molecule has 0 amide bonds. The summed E-state index contributed by atoms with van der Waals surface area (Å²) in [6, 6.07) is 2.19. The average molecular weight is 280 g/mol. The number of aromatic carboxylic acids is 1. The molecule has 0 aliphatic carbocycles. The molecular weight excluding hydrogens is 275 g/mol. The number of hydrogen-bond donors (Lipinski definition) is 1. The number of rotatable bonds is 2. The highest BCUT2D eigenvalue weighted by molar-refractivity contribution is 6.34. The Bertz CT molecular complexity index is 623. The molecule has 5 nitrogen and oxygen atoms in total. The van der Waals surface area contributed by atoms with Crippen molar-refractivity contribution in [2.45, 2.75) is 12.7 Å². The molecule has 0 saturated carbocycles. The Hall–Kier alpha value is -1.83. The van der Waals surface area contributed by atoms with E-state index in [4.69, 9.17) is 16.7 Å². The first-order valence-corrected chi connectivity index (χ1v) is 4.98. The fraction of sp³-hybridized carbons (Fsp3) is 0.222. The molecular formula is C9H5ClF3N3O2.